The van der Waals surface area contributed by atoms with Gasteiger partial charge in [0, 0.05) is 23.2 Å². The molecule has 0 bridgehead atoms. The predicted octanol–water partition coefficient (Wildman–Crippen LogP) is 2.15. The van der Waals surface area contributed by atoms with Crippen molar-refractivity contribution in [3.63, 3.8) is 0 Å². The lowest BCUT2D eigenvalue weighted by molar-refractivity contribution is 0.209. The zero-order chi connectivity index (χ0) is 12.1. The van der Waals surface area contributed by atoms with Crippen molar-refractivity contribution in [2.45, 2.75) is 26.4 Å². The molecular formula is C12H18ClNO2. The zero-order valence-electron chi connectivity index (χ0n) is 9.57. The summed E-state index contributed by atoms with van der Waals surface area (Å²) < 4.78 is 0. The molecule has 1 unspecified atom stereocenters. The molecule has 3 nitrogen and oxygen atoms in total. The van der Waals surface area contributed by atoms with E-state index in [-0.39, 0.29) is 18.4 Å². The molecule has 0 aliphatic carbocycles. The van der Waals surface area contributed by atoms with Crippen molar-refractivity contribution in [1.29, 1.82) is 0 Å². The summed E-state index contributed by atoms with van der Waals surface area (Å²) in [6, 6.07) is 5.05. The Kier molecular flexibility index (Phi) is 5.06. The first kappa shape index (κ1) is 13.3. The van der Waals surface area contributed by atoms with Gasteiger partial charge in [0.15, 0.2) is 0 Å². The summed E-state index contributed by atoms with van der Waals surface area (Å²) in [5, 5.41) is 22.5. The van der Waals surface area contributed by atoms with E-state index in [2.05, 4.69) is 5.32 Å². The molecule has 0 amide bonds. The van der Waals surface area contributed by atoms with E-state index in [1.54, 1.807) is 18.2 Å². The highest BCUT2D eigenvalue weighted by Gasteiger charge is 2.13. The van der Waals surface area contributed by atoms with E-state index in [1.807, 2.05) is 13.8 Å². The van der Waals surface area contributed by atoms with Gasteiger partial charge >= 0.3 is 0 Å². The molecule has 0 heterocycles. The van der Waals surface area contributed by atoms with Crippen LogP contribution in [0.25, 0.3) is 0 Å². The number of hydrogen-bond acceptors (Lipinski definition) is 3. The average molecular weight is 244 g/mol. The van der Waals surface area contributed by atoms with Gasteiger partial charge in [0.05, 0.1) is 6.61 Å². The molecule has 0 aliphatic heterocycles. The number of rotatable bonds is 5. The zero-order valence-corrected chi connectivity index (χ0v) is 10.3. The highest BCUT2D eigenvalue weighted by Crippen LogP contribution is 2.25. The Hall–Kier alpha value is -0.770. The van der Waals surface area contributed by atoms with Crippen LogP contribution in [0.1, 0.15) is 19.4 Å². The van der Waals surface area contributed by atoms with Gasteiger partial charge in [0.1, 0.15) is 5.75 Å². The Labute approximate surface area is 101 Å². The number of benzene rings is 1. The van der Waals surface area contributed by atoms with Crippen LogP contribution in [0.3, 0.4) is 0 Å². The minimum atomic E-state index is 0.00988. The predicted molar refractivity (Wildman–Crippen MR) is 65.7 cm³/mol. The molecule has 3 N–H and O–H groups in total. The fourth-order valence-electron chi connectivity index (χ4n) is 1.47. The molecule has 16 heavy (non-hydrogen) atoms. The normalized spacial score (nSPS) is 13.1. The molecule has 90 valence electrons. The van der Waals surface area contributed by atoms with Gasteiger partial charge in [-0.2, -0.15) is 0 Å². The Morgan fingerprint density at radius 1 is 1.38 bits per heavy atom. The van der Waals surface area contributed by atoms with Gasteiger partial charge < -0.3 is 15.5 Å². The van der Waals surface area contributed by atoms with Gasteiger partial charge in [-0.3, -0.25) is 0 Å². The third-order valence-corrected chi connectivity index (χ3v) is 2.99. The van der Waals surface area contributed by atoms with Crippen molar-refractivity contribution >= 4 is 11.6 Å². The number of aliphatic hydroxyl groups excluding tert-OH is 1. The van der Waals surface area contributed by atoms with Crippen molar-refractivity contribution < 1.29 is 10.2 Å². The van der Waals surface area contributed by atoms with Crippen molar-refractivity contribution in [3.05, 3.63) is 28.8 Å². The molecule has 0 aromatic heterocycles. The summed E-state index contributed by atoms with van der Waals surface area (Å²) in [5.74, 6) is 0.509. The summed E-state index contributed by atoms with van der Waals surface area (Å²) in [5.41, 5.74) is 0.670. The van der Waals surface area contributed by atoms with Gasteiger partial charge in [-0.1, -0.05) is 31.5 Å². The Balaban J connectivity index is 2.67. The van der Waals surface area contributed by atoms with Crippen molar-refractivity contribution in [3.8, 4) is 5.75 Å². The molecule has 0 aliphatic rings. The van der Waals surface area contributed by atoms with Crippen LogP contribution in [0, 0.1) is 5.92 Å². The summed E-state index contributed by atoms with van der Waals surface area (Å²) in [6.45, 7) is 4.58. The van der Waals surface area contributed by atoms with Gasteiger partial charge in [0.2, 0.25) is 0 Å². The van der Waals surface area contributed by atoms with E-state index in [0.717, 1.165) is 0 Å². The van der Waals surface area contributed by atoms with Crippen molar-refractivity contribution in [2.75, 3.05) is 6.61 Å². The van der Waals surface area contributed by atoms with Crippen LogP contribution >= 0.6 is 11.6 Å². The highest BCUT2D eigenvalue weighted by atomic mass is 35.5. The summed E-state index contributed by atoms with van der Waals surface area (Å²) in [7, 11) is 0. The minimum Gasteiger partial charge on any atom is -0.508 e. The van der Waals surface area contributed by atoms with Gasteiger partial charge in [-0.15, -0.1) is 0 Å². The third kappa shape index (κ3) is 3.37. The van der Waals surface area contributed by atoms with Crippen LogP contribution in [0.2, 0.25) is 5.02 Å². The molecular weight excluding hydrogens is 226 g/mol. The van der Waals surface area contributed by atoms with E-state index in [9.17, 15) is 5.11 Å². The summed E-state index contributed by atoms with van der Waals surface area (Å²) in [6.07, 6.45) is 0. The lowest BCUT2D eigenvalue weighted by atomic mass is 10.0. The maximum atomic E-state index is 9.63. The number of nitrogens with one attached hydrogen (secondary N) is 1. The summed E-state index contributed by atoms with van der Waals surface area (Å²) >= 11 is 5.97. The van der Waals surface area contributed by atoms with E-state index in [1.165, 1.54) is 0 Å². The first-order valence-corrected chi connectivity index (χ1v) is 5.74. The molecule has 4 heteroatoms. The van der Waals surface area contributed by atoms with Crippen LogP contribution in [-0.2, 0) is 6.54 Å². The lowest BCUT2D eigenvalue weighted by Gasteiger charge is -2.20. The first-order chi connectivity index (χ1) is 7.56. The second kappa shape index (κ2) is 6.09. The Morgan fingerprint density at radius 2 is 2.06 bits per heavy atom. The van der Waals surface area contributed by atoms with E-state index < -0.39 is 0 Å². The molecule has 1 aromatic rings. The molecule has 0 saturated carbocycles. The van der Waals surface area contributed by atoms with Crippen LogP contribution in [0.5, 0.6) is 5.75 Å². The van der Waals surface area contributed by atoms with Crippen molar-refractivity contribution in [2.24, 2.45) is 5.92 Å². The van der Waals surface area contributed by atoms with Gasteiger partial charge in [0.25, 0.3) is 0 Å². The largest absolute Gasteiger partial charge is 0.508 e. The molecule has 1 rings (SSSR count). The standard InChI is InChI=1S/C12H18ClNO2/c1-8(2)11(7-15)14-6-9-10(13)4-3-5-12(9)16/h3-5,8,11,14-16H,6-7H2,1-2H3. The second-order valence-electron chi connectivity index (χ2n) is 4.15. The SMILES string of the molecule is CC(C)C(CO)NCc1c(O)cccc1Cl. The molecule has 1 atom stereocenters. The number of aromatic hydroxyl groups is 1. The second-order valence-corrected chi connectivity index (χ2v) is 4.56. The number of phenolic OH excluding ortho intramolecular Hbond substituents is 1. The summed E-state index contributed by atoms with van der Waals surface area (Å²) in [4.78, 5) is 0. The average Bonchev–Trinajstić information content (AvgIpc) is 2.22. The number of aliphatic hydroxyl groups is 1. The smallest absolute Gasteiger partial charge is 0.121 e. The number of halogens is 1. The van der Waals surface area contributed by atoms with E-state index in [4.69, 9.17) is 16.7 Å². The highest BCUT2D eigenvalue weighted by molar-refractivity contribution is 6.31. The van der Waals surface area contributed by atoms with Crippen molar-refractivity contribution in [1.82, 2.24) is 5.32 Å². The number of hydrogen-bond donors (Lipinski definition) is 3. The molecule has 0 saturated heterocycles. The molecule has 0 spiro atoms. The molecule has 0 fully saturated rings. The first-order valence-electron chi connectivity index (χ1n) is 5.36. The maximum Gasteiger partial charge on any atom is 0.121 e. The van der Waals surface area contributed by atoms with Gasteiger partial charge in [-0.05, 0) is 18.1 Å². The molecule has 0 radical (unpaired) electrons. The van der Waals surface area contributed by atoms with Crippen LogP contribution < -0.4 is 5.32 Å². The Morgan fingerprint density at radius 3 is 2.56 bits per heavy atom. The van der Waals surface area contributed by atoms with Gasteiger partial charge in [-0.25, -0.2) is 0 Å². The van der Waals surface area contributed by atoms with E-state index >= 15 is 0 Å². The van der Waals surface area contributed by atoms with E-state index in [0.29, 0.717) is 23.0 Å². The third-order valence-electron chi connectivity index (χ3n) is 2.64. The van der Waals surface area contributed by atoms with Crippen LogP contribution in [0.15, 0.2) is 18.2 Å². The quantitative estimate of drug-likeness (QED) is 0.743. The molecule has 1 aromatic carbocycles. The monoisotopic (exact) mass is 243 g/mol. The topological polar surface area (TPSA) is 52.5 Å². The minimum absolute atomic E-state index is 0.00988. The Bertz CT molecular complexity index is 322. The fraction of sp³-hybridized carbons (Fsp3) is 0.500. The van der Waals surface area contributed by atoms with Crippen LogP contribution in [0.4, 0.5) is 0 Å². The number of phenols is 1. The van der Waals surface area contributed by atoms with Crippen LogP contribution in [-0.4, -0.2) is 22.9 Å². The maximum absolute atomic E-state index is 9.63. The fourth-order valence-corrected chi connectivity index (χ4v) is 1.70. The lowest BCUT2D eigenvalue weighted by Crippen LogP contribution is -2.36.